The number of rotatable bonds is 4. The summed E-state index contributed by atoms with van der Waals surface area (Å²) in [6.07, 6.45) is 7.11. The number of fused-ring (bicyclic) bond motifs is 4. The van der Waals surface area contributed by atoms with Crippen LogP contribution in [-0.4, -0.2) is 0 Å². The maximum atomic E-state index is 15.2. The number of hydrogen-bond donors (Lipinski definition) is 0. The second kappa shape index (κ2) is 6.75. The Labute approximate surface area is 153 Å². The monoisotopic (exact) mass is 358 g/mol. The van der Waals surface area contributed by atoms with Gasteiger partial charge < -0.3 is 0 Å². The van der Waals surface area contributed by atoms with Gasteiger partial charge in [0.1, 0.15) is 5.82 Å². The highest BCUT2D eigenvalue weighted by atomic mass is 19.2. The van der Waals surface area contributed by atoms with E-state index in [1.165, 1.54) is 12.8 Å². The van der Waals surface area contributed by atoms with Gasteiger partial charge in [-0.2, -0.15) is 0 Å². The SMILES string of the molecule is CCCC1CCC(c2ccc3c(c2F)-c2c-3cc(CC)c(F)c2F)CC1. The van der Waals surface area contributed by atoms with Crippen LogP contribution in [0.15, 0.2) is 18.2 Å². The van der Waals surface area contributed by atoms with Crippen molar-refractivity contribution in [3.8, 4) is 22.3 Å². The largest absolute Gasteiger partial charge is 0.206 e. The molecule has 0 N–H and O–H groups in total. The third kappa shape index (κ3) is 2.59. The second-order valence-corrected chi connectivity index (χ2v) is 7.84. The summed E-state index contributed by atoms with van der Waals surface area (Å²) in [4.78, 5) is 0. The van der Waals surface area contributed by atoms with Gasteiger partial charge in [-0.25, -0.2) is 13.2 Å². The molecule has 0 aromatic heterocycles. The van der Waals surface area contributed by atoms with Crippen LogP contribution < -0.4 is 0 Å². The minimum Gasteiger partial charge on any atom is -0.206 e. The summed E-state index contributed by atoms with van der Waals surface area (Å²) in [5, 5.41) is 0. The van der Waals surface area contributed by atoms with Crippen LogP contribution in [-0.2, 0) is 6.42 Å². The van der Waals surface area contributed by atoms with Crippen LogP contribution in [0, 0.1) is 23.4 Å². The lowest BCUT2D eigenvalue weighted by molar-refractivity contribution is 0.304. The molecule has 1 saturated carbocycles. The first-order valence-corrected chi connectivity index (χ1v) is 9.90. The molecule has 0 saturated heterocycles. The molecule has 2 aliphatic carbocycles. The summed E-state index contributed by atoms with van der Waals surface area (Å²) in [6, 6.07) is 5.44. The van der Waals surface area contributed by atoms with E-state index in [2.05, 4.69) is 6.92 Å². The van der Waals surface area contributed by atoms with Gasteiger partial charge in [0.15, 0.2) is 11.6 Å². The van der Waals surface area contributed by atoms with Gasteiger partial charge >= 0.3 is 0 Å². The van der Waals surface area contributed by atoms with Crippen molar-refractivity contribution < 1.29 is 13.2 Å². The quantitative estimate of drug-likeness (QED) is 0.456. The Hall–Kier alpha value is -1.77. The molecule has 4 rings (SSSR count). The predicted molar refractivity (Wildman–Crippen MR) is 99.7 cm³/mol. The lowest BCUT2D eigenvalue weighted by atomic mass is 9.73. The molecule has 26 heavy (non-hydrogen) atoms. The Bertz CT molecular complexity index is 845. The molecular formula is C23H25F3. The predicted octanol–water partition coefficient (Wildman–Crippen LogP) is 7.39. The first-order valence-electron chi connectivity index (χ1n) is 9.90. The van der Waals surface area contributed by atoms with Crippen molar-refractivity contribution in [2.24, 2.45) is 5.92 Å². The fraction of sp³-hybridized carbons (Fsp3) is 0.478. The van der Waals surface area contributed by atoms with Crippen LogP contribution in [0.2, 0.25) is 0 Å². The van der Waals surface area contributed by atoms with Gasteiger partial charge in [-0.15, -0.1) is 0 Å². The number of hydrogen-bond acceptors (Lipinski definition) is 0. The highest BCUT2D eigenvalue weighted by Gasteiger charge is 2.35. The third-order valence-corrected chi connectivity index (χ3v) is 6.36. The van der Waals surface area contributed by atoms with Crippen LogP contribution in [0.25, 0.3) is 22.3 Å². The molecule has 0 aliphatic heterocycles. The van der Waals surface area contributed by atoms with Crippen molar-refractivity contribution in [1.29, 1.82) is 0 Å². The minimum atomic E-state index is -0.894. The van der Waals surface area contributed by atoms with Crippen molar-refractivity contribution in [3.05, 3.63) is 46.8 Å². The Kier molecular flexibility index (Phi) is 4.58. The van der Waals surface area contributed by atoms with Crippen molar-refractivity contribution in [1.82, 2.24) is 0 Å². The van der Waals surface area contributed by atoms with E-state index in [4.69, 9.17) is 0 Å². The molecule has 138 valence electrons. The van der Waals surface area contributed by atoms with E-state index in [-0.39, 0.29) is 22.9 Å². The van der Waals surface area contributed by atoms with Crippen LogP contribution in [0.3, 0.4) is 0 Å². The van der Waals surface area contributed by atoms with Crippen LogP contribution >= 0.6 is 0 Å². The molecule has 1 fully saturated rings. The summed E-state index contributed by atoms with van der Waals surface area (Å²) in [5.41, 5.74) is 2.82. The maximum absolute atomic E-state index is 15.2. The highest BCUT2D eigenvalue weighted by Crippen LogP contribution is 2.53. The van der Waals surface area contributed by atoms with E-state index in [0.29, 0.717) is 23.1 Å². The topological polar surface area (TPSA) is 0 Å². The van der Waals surface area contributed by atoms with Gasteiger partial charge in [-0.1, -0.05) is 38.8 Å². The molecule has 0 heterocycles. The molecule has 0 unspecified atom stereocenters. The van der Waals surface area contributed by atoms with E-state index in [9.17, 15) is 8.78 Å². The molecule has 3 heteroatoms. The van der Waals surface area contributed by atoms with Gasteiger partial charge in [0.05, 0.1) is 0 Å². The van der Waals surface area contributed by atoms with Crippen LogP contribution in [0.1, 0.15) is 69.4 Å². The van der Waals surface area contributed by atoms with Crippen molar-refractivity contribution in [2.45, 2.75) is 64.7 Å². The lowest BCUT2D eigenvalue weighted by Gasteiger charge is -2.32. The zero-order valence-corrected chi connectivity index (χ0v) is 15.5. The van der Waals surface area contributed by atoms with Gasteiger partial charge in [-0.05, 0) is 72.3 Å². The molecule has 0 amide bonds. The summed E-state index contributed by atoms with van der Waals surface area (Å²) >= 11 is 0. The highest BCUT2D eigenvalue weighted by molar-refractivity contribution is 6.03. The van der Waals surface area contributed by atoms with Gasteiger partial charge in [0, 0.05) is 11.1 Å². The third-order valence-electron chi connectivity index (χ3n) is 6.36. The molecule has 2 aromatic carbocycles. The Balaban J connectivity index is 1.67. The molecule has 0 bridgehead atoms. The van der Waals surface area contributed by atoms with E-state index < -0.39 is 11.6 Å². The first kappa shape index (κ1) is 17.6. The molecule has 0 atom stereocenters. The van der Waals surface area contributed by atoms with Crippen molar-refractivity contribution in [3.63, 3.8) is 0 Å². The zero-order valence-electron chi connectivity index (χ0n) is 15.5. The van der Waals surface area contributed by atoms with Crippen LogP contribution in [0.5, 0.6) is 0 Å². The van der Waals surface area contributed by atoms with E-state index in [1.54, 1.807) is 13.0 Å². The van der Waals surface area contributed by atoms with E-state index >= 15 is 4.39 Å². The zero-order chi connectivity index (χ0) is 18.4. The summed E-state index contributed by atoms with van der Waals surface area (Å²) < 4.78 is 43.9. The standard InChI is InChI=1S/C23H25F3/c1-3-5-13-6-8-15(9-7-13)16-10-11-17-18-12-14(4-2)21(24)23(26)20(18)19(17)22(16)25/h10-13,15H,3-9H2,1-2H3. The van der Waals surface area contributed by atoms with Gasteiger partial charge in [0.25, 0.3) is 0 Å². The average molecular weight is 358 g/mol. The fourth-order valence-electron chi connectivity index (χ4n) is 4.88. The molecular weight excluding hydrogens is 333 g/mol. The van der Waals surface area contributed by atoms with E-state index in [0.717, 1.165) is 37.2 Å². The normalized spacial score (nSPS) is 21.1. The van der Waals surface area contributed by atoms with Gasteiger partial charge in [0.2, 0.25) is 0 Å². The summed E-state index contributed by atoms with van der Waals surface area (Å²) in [6.45, 7) is 4.00. The van der Waals surface area contributed by atoms with E-state index in [1.807, 2.05) is 12.1 Å². The Morgan fingerprint density at radius 1 is 0.846 bits per heavy atom. The lowest BCUT2D eigenvalue weighted by Crippen LogP contribution is -2.16. The maximum Gasteiger partial charge on any atom is 0.167 e. The smallest absolute Gasteiger partial charge is 0.167 e. The average Bonchev–Trinajstić information content (AvgIpc) is 2.63. The number of aryl methyl sites for hydroxylation is 1. The minimum absolute atomic E-state index is 0.133. The Morgan fingerprint density at radius 3 is 2.19 bits per heavy atom. The van der Waals surface area contributed by atoms with Crippen molar-refractivity contribution in [2.75, 3.05) is 0 Å². The molecule has 0 radical (unpaired) electrons. The summed E-state index contributed by atoms with van der Waals surface area (Å²) in [5.74, 6) is -1.11. The number of halogens is 3. The fourth-order valence-corrected chi connectivity index (χ4v) is 4.88. The second-order valence-electron chi connectivity index (χ2n) is 7.84. The molecule has 0 spiro atoms. The number of benzene rings is 2. The molecule has 0 nitrogen and oxygen atoms in total. The Morgan fingerprint density at radius 2 is 1.54 bits per heavy atom. The van der Waals surface area contributed by atoms with Crippen molar-refractivity contribution >= 4 is 0 Å². The van der Waals surface area contributed by atoms with Crippen LogP contribution in [0.4, 0.5) is 13.2 Å². The first-order chi connectivity index (χ1) is 12.6. The molecule has 2 aliphatic rings. The summed E-state index contributed by atoms with van der Waals surface area (Å²) in [7, 11) is 0. The van der Waals surface area contributed by atoms with Gasteiger partial charge in [-0.3, -0.25) is 0 Å². The molecule has 2 aromatic rings.